The molecule has 0 saturated carbocycles. The molecule has 0 fully saturated rings. The molecule has 0 aliphatic carbocycles. The van der Waals surface area contributed by atoms with E-state index in [1.165, 1.54) is 7.11 Å². The molecule has 1 N–H and O–H groups in total. The minimum Gasteiger partial charge on any atom is -0.469 e. The molecule has 7 atom stereocenters. The summed E-state index contributed by atoms with van der Waals surface area (Å²) in [6, 6.07) is 8.97. The van der Waals surface area contributed by atoms with Gasteiger partial charge in [-0.2, -0.15) is 0 Å². The third kappa shape index (κ3) is 9.97. The Balaban J connectivity index is 2.89. The molecule has 0 amide bonds. The lowest BCUT2D eigenvalue weighted by molar-refractivity contribution is -0.149. The highest BCUT2D eigenvalue weighted by molar-refractivity contribution is 6.74. The number of aliphatic hydroxyl groups is 1. The lowest BCUT2D eigenvalue weighted by atomic mass is 9.84. The van der Waals surface area contributed by atoms with Gasteiger partial charge in [-0.25, -0.2) is 4.79 Å². The highest BCUT2D eigenvalue weighted by atomic mass is 28.4. The summed E-state index contributed by atoms with van der Waals surface area (Å²) in [6.07, 6.45) is 3.81. The number of hydrogen-bond donors (Lipinski definition) is 1. The maximum absolute atomic E-state index is 12.5. The van der Waals surface area contributed by atoms with Gasteiger partial charge in [0, 0.05) is 5.92 Å². The van der Waals surface area contributed by atoms with E-state index >= 15 is 0 Å². The van der Waals surface area contributed by atoms with Gasteiger partial charge in [0.2, 0.25) is 0 Å². The Bertz CT molecular complexity index is 891. The summed E-state index contributed by atoms with van der Waals surface area (Å²) in [5.74, 6) is -1.11. The van der Waals surface area contributed by atoms with Crippen LogP contribution in [-0.4, -0.2) is 50.8 Å². The van der Waals surface area contributed by atoms with E-state index in [2.05, 4.69) is 40.8 Å². The van der Waals surface area contributed by atoms with Crippen LogP contribution >= 0.6 is 0 Å². The van der Waals surface area contributed by atoms with Crippen molar-refractivity contribution in [1.82, 2.24) is 0 Å². The first kappa shape index (κ1) is 34.1. The molecule has 7 heteroatoms. The van der Waals surface area contributed by atoms with Crippen LogP contribution in [-0.2, 0) is 18.7 Å². The predicted octanol–water partition coefficient (Wildman–Crippen LogP) is 7.04. The van der Waals surface area contributed by atoms with Gasteiger partial charge in [-0.15, -0.1) is 0 Å². The van der Waals surface area contributed by atoms with Crippen LogP contribution in [0, 0.1) is 23.7 Å². The van der Waals surface area contributed by atoms with E-state index in [-0.39, 0.29) is 46.9 Å². The molecule has 0 bridgehead atoms. The van der Waals surface area contributed by atoms with Crippen LogP contribution in [0.15, 0.2) is 42.5 Å². The van der Waals surface area contributed by atoms with Crippen LogP contribution in [0.25, 0.3) is 0 Å². The maximum atomic E-state index is 12.5. The zero-order valence-corrected chi connectivity index (χ0v) is 26.5. The molecule has 0 saturated heterocycles. The number of rotatable bonds is 14. The minimum absolute atomic E-state index is 0.00456. The van der Waals surface area contributed by atoms with Crippen molar-refractivity contribution in [3.63, 3.8) is 0 Å². The second-order valence-corrected chi connectivity index (χ2v) is 17.1. The van der Waals surface area contributed by atoms with Crippen molar-refractivity contribution in [2.45, 2.75) is 105 Å². The highest BCUT2D eigenvalue weighted by Gasteiger charge is 2.43. The van der Waals surface area contributed by atoms with Crippen molar-refractivity contribution in [3.8, 4) is 0 Å². The van der Waals surface area contributed by atoms with Crippen LogP contribution in [0.3, 0.4) is 0 Å². The standard InChI is InChI=1S/C31H52O6Si/c1-12-27(36-30(34)25-16-14-13-15-17-25)21(2)18-19-26(32)22(3)20-23(4)28(24(5)29(33)35-9)37-38(10,11)31(6,7)8/h13-19,21-24,26-28,32H,12,20H2,1-11H3/b19-18+/t21-,22-,23+,24-,26?,27-,28+/m1/s1. The Labute approximate surface area is 232 Å². The molecule has 0 aromatic heterocycles. The smallest absolute Gasteiger partial charge is 0.338 e. The average Bonchev–Trinajstić information content (AvgIpc) is 2.87. The molecular formula is C31H52O6Si. The Kier molecular flexibility index (Phi) is 13.4. The first-order chi connectivity index (χ1) is 17.5. The quantitative estimate of drug-likeness (QED) is 0.153. The van der Waals surface area contributed by atoms with Crippen molar-refractivity contribution in [3.05, 3.63) is 48.0 Å². The monoisotopic (exact) mass is 548 g/mol. The summed E-state index contributed by atoms with van der Waals surface area (Å²) >= 11 is 0. The molecular weight excluding hydrogens is 496 g/mol. The van der Waals surface area contributed by atoms with Crippen LogP contribution in [0.1, 0.15) is 78.6 Å². The van der Waals surface area contributed by atoms with Crippen molar-refractivity contribution in [2.24, 2.45) is 23.7 Å². The summed E-state index contributed by atoms with van der Waals surface area (Å²) in [4.78, 5) is 25.0. The molecule has 6 nitrogen and oxygen atoms in total. The Morgan fingerprint density at radius 2 is 1.58 bits per heavy atom. The van der Waals surface area contributed by atoms with Crippen LogP contribution in [0.2, 0.25) is 18.1 Å². The molecule has 38 heavy (non-hydrogen) atoms. The SMILES string of the molecule is CC[C@@H](OC(=O)c1ccccc1)[C@H](C)/C=C/C(O)[C@H](C)C[C@H](C)[C@H](O[Si](C)(C)C(C)(C)C)[C@@H](C)C(=O)OC. The lowest BCUT2D eigenvalue weighted by Gasteiger charge is -2.42. The zero-order valence-electron chi connectivity index (χ0n) is 25.5. The number of benzene rings is 1. The van der Waals surface area contributed by atoms with E-state index in [9.17, 15) is 14.7 Å². The summed E-state index contributed by atoms with van der Waals surface area (Å²) in [7, 11) is -0.733. The van der Waals surface area contributed by atoms with Gasteiger partial charge in [-0.1, -0.05) is 78.8 Å². The Morgan fingerprint density at radius 3 is 2.08 bits per heavy atom. The molecule has 0 aliphatic rings. The summed E-state index contributed by atoms with van der Waals surface area (Å²) in [5.41, 5.74) is 0.528. The van der Waals surface area contributed by atoms with Crippen LogP contribution in [0.4, 0.5) is 0 Å². The predicted molar refractivity (Wildman–Crippen MR) is 156 cm³/mol. The number of hydrogen-bond acceptors (Lipinski definition) is 6. The third-order valence-corrected chi connectivity index (χ3v) is 12.5. The lowest BCUT2D eigenvalue weighted by Crippen LogP contribution is -2.49. The van der Waals surface area contributed by atoms with E-state index in [0.717, 1.165) is 0 Å². The average molecular weight is 549 g/mol. The van der Waals surface area contributed by atoms with Crippen molar-refractivity contribution < 1.29 is 28.6 Å². The molecule has 1 rings (SSSR count). The molecule has 0 heterocycles. The van der Waals surface area contributed by atoms with Crippen molar-refractivity contribution in [2.75, 3.05) is 7.11 Å². The number of carbonyl (C=O) groups is 2. The first-order valence-corrected chi connectivity index (χ1v) is 16.8. The maximum Gasteiger partial charge on any atom is 0.338 e. The second kappa shape index (κ2) is 15.0. The van der Waals surface area contributed by atoms with Gasteiger partial charge < -0.3 is 19.0 Å². The van der Waals surface area contributed by atoms with E-state index in [4.69, 9.17) is 13.9 Å². The van der Waals surface area contributed by atoms with Crippen LogP contribution in [0.5, 0.6) is 0 Å². The fourth-order valence-corrected chi connectivity index (χ4v) is 5.82. The second-order valence-electron chi connectivity index (χ2n) is 12.3. The summed E-state index contributed by atoms with van der Waals surface area (Å²) in [5, 5.41) is 11.0. The van der Waals surface area contributed by atoms with Gasteiger partial charge in [0.05, 0.1) is 30.8 Å². The van der Waals surface area contributed by atoms with Gasteiger partial charge >= 0.3 is 11.9 Å². The van der Waals surface area contributed by atoms with Gasteiger partial charge in [-0.3, -0.25) is 4.79 Å². The molecule has 216 valence electrons. The van der Waals surface area contributed by atoms with Crippen molar-refractivity contribution in [1.29, 1.82) is 0 Å². The Morgan fingerprint density at radius 1 is 1.00 bits per heavy atom. The van der Waals surface area contributed by atoms with E-state index in [1.807, 2.05) is 52.0 Å². The fraction of sp³-hybridized carbons (Fsp3) is 0.677. The van der Waals surface area contributed by atoms with Crippen LogP contribution < -0.4 is 0 Å². The van der Waals surface area contributed by atoms with Crippen molar-refractivity contribution >= 4 is 20.3 Å². The fourth-order valence-electron chi connectivity index (χ4n) is 4.35. The number of aliphatic hydroxyl groups excluding tert-OH is 1. The van der Waals surface area contributed by atoms with Gasteiger partial charge in [-0.05, 0) is 61.9 Å². The number of ether oxygens (including phenoxy) is 2. The normalized spacial score (nSPS) is 18.2. The topological polar surface area (TPSA) is 82.1 Å². The molecule has 1 unspecified atom stereocenters. The highest BCUT2D eigenvalue weighted by Crippen LogP contribution is 2.40. The molecule has 1 aromatic rings. The number of esters is 2. The molecule has 0 spiro atoms. The minimum atomic E-state index is -2.14. The van der Waals surface area contributed by atoms with Gasteiger partial charge in [0.1, 0.15) is 6.10 Å². The molecule has 1 aromatic carbocycles. The van der Waals surface area contributed by atoms with Gasteiger partial charge in [0.25, 0.3) is 0 Å². The molecule has 0 aliphatic heterocycles. The third-order valence-electron chi connectivity index (χ3n) is 8.06. The van der Waals surface area contributed by atoms with E-state index in [1.54, 1.807) is 18.2 Å². The first-order valence-electron chi connectivity index (χ1n) is 13.9. The van der Waals surface area contributed by atoms with E-state index < -0.39 is 20.3 Å². The summed E-state index contributed by atoms with van der Waals surface area (Å²) < 4.78 is 17.5. The molecule has 0 radical (unpaired) electrons. The number of carbonyl (C=O) groups excluding carboxylic acids is 2. The zero-order chi connectivity index (χ0) is 29.3. The summed E-state index contributed by atoms with van der Waals surface area (Å²) in [6.45, 7) is 20.9. The van der Waals surface area contributed by atoms with E-state index in [0.29, 0.717) is 18.4 Å². The largest absolute Gasteiger partial charge is 0.469 e. The Hall–Kier alpha value is -1.96. The number of methoxy groups -OCH3 is 1. The van der Waals surface area contributed by atoms with Gasteiger partial charge in [0.15, 0.2) is 8.32 Å².